The fourth-order valence-corrected chi connectivity index (χ4v) is 5.65. The van der Waals surface area contributed by atoms with E-state index in [9.17, 15) is 13.5 Å². The van der Waals surface area contributed by atoms with Crippen molar-refractivity contribution in [2.45, 2.75) is 17.1 Å². The van der Waals surface area contributed by atoms with E-state index in [0.29, 0.717) is 17.7 Å². The lowest BCUT2D eigenvalue weighted by Gasteiger charge is -2.19. The minimum atomic E-state index is -3.82. The Labute approximate surface area is 173 Å². The predicted octanol–water partition coefficient (Wildman–Crippen LogP) is 3.37. The number of fused-ring (bicyclic) bond motifs is 1. The van der Waals surface area contributed by atoms with Gasteiger partial charge in [-0.1, -0.05) is 36.0 Å². The molecule has 28 heavy (non-hydrogen) atoms. The molecule has 9 heteroatoms. The van der Waals surface area contributed by atoms with Gasteiger partial charge in [0.2, 0.25) is 0 Å². The van der Waals surface area contributed by atoms with Crippen molar-refractivity contribution < 1.29 is 13.5 Å². The van der Waals surface area contributed by atoms with Crippen LogP contribution in [0.25, 0.3) is 10.9 Å². The fourth-order valence-electron chi connectivity index (χ4n) is 3.08. The zero-order chi connectivity index (χ0) is 19.9. The van der Waals surface area contributed by atoms with E-state index >= 15 is 0 Å². The highest BCUT2D eigenvalue weighted by molar-refractivity contribution is 8.15. The topological polar surface area (TPSA) is 85.8 Å². The van der Waals surface area contributed by atoms with Crippen LogP contribution in [0.5, 0.6) is 0 Å². The number of benzene rings is 2. The van der Waals surface area contributed by atoms with Gasteiger partial charge in [0.15, 0.2) is 0 Å². The Hall–Kier alpha value is -1.94. The number of hydrogen-bond acceptors (Lipinski definition) is 6. The maximum Gasteiger partial charge on any atom is 0.273 e. The highest BCUT2D eigenvalue weighted by Gasteiger charge is 2.26. The highest BCUT2D eigenvalue weighted by atomic mass is 32.3. The molecule has 146 valence electrons. The molecular weight excluding hydrogens is 414 g/mol. The Balaban J connectivity index is 1.75. The normalized spacial score (nSPS) is 17.1. The molecule has 6 nitrogen and oxygen atoms in total. The molecule has 1 unspecified atom stereocenters. The quantitative estimate of drug-likeness (QED) is 0.539. The summed E-state index contributed by atoms with van der Waals surface area (Å²) in [6.45, 7) is 2.49. The van der Waals surface area contributed by atoms with Crippen molar-refractivity contribution in [3.63, 3.8) is 0 Å². The van der Waals surface area contributed by atoms with Crippen LogP contribution in [0.3, 0.4) is 0 Å². The smallest absolute Gasteiger partial charge is 0.273 e. The number of aromatic amines is 1. The molecule has 0 fully saturated rings. The van der Waals surface area contributed by atoms with Gasteiger partial charge in [-0.05, 0) is 49.6 Å². The second-order valence-electron chi connectivity index (χ2n) is 6.56. The van der Waals surface area contributed by atoms with Gasteiger partial charge in [-0.3, -0.25) is 4.99 Å². The van der Waals surface area contributed by atoms with E-state index < -0.39 is 10.0 Å². The highest BCUT2D eigenvalue weighted by Crippen LogP contribution is 2.34. The molecule has 0 saturated heterocycles. The van der Waals surface area contributed by atoms with Crippen LogP contribution in [-0.2, 0) is 10.0 Å². The third kappa shape index (κ3) is 3.43. The number of hydrogen-bond donors (Lipinski definition) is 3. The molecule has 1 aromatic heterocycles. The number of aromatic nitrogens is 1. The number of H-pyrrole nitrogens is 1. The number of anilines is 1. The average molecular weight is 434 g/mol. The maximum absolute atomic E-state index is 13.1. The lowest BCUT2D eigenvalue weighted by Crippen LogP contribution is -2.21. The zero-order valence-electron chi connectivity index (χ0n) is 15.0. The zero-order valence-corrected chi connectivity index (χ0v) is 17.6. The van der Waals surface area contributed by atoms with Crippen LogP contribution in [0.1, 0.15) is 11.3 Å². The first kappa shape index (κ1) is 19.4. The molecule has 0 bridgehead atoms. The van der Waals surface area contributed by atoms with Gasteiger partial charge < -0.3 is 10.1 Å². The predicted molar refractivity (Wildman–Crippen MR) is 118 cm³/mol. The third-order valence-electron chi connectivity index (χ3n) is 4.51. The molecule has 1 aliphatic rings. The van der Waals surface area contributed by atoms with Crippen LogP contribution in [0.15, 0.2) is 58.4 Å². The Morgan fingerprint density at radius 2 is 2.07 bits per heavy atom. The first-order chi connectivity index (χ1) is 13.4. The van der Waals surface area contributed by atoms with E-state index in [-0.39, 0.29) is 16.8 Å². The number of nitrogens with one attached hydrogen (secondary N) is 1. The van der Waals surface area contributed by atoms with Gasteiger partial charge >= 0.3 is 0 Å². The Bertz CT molecular complexity index is 1170. The Kier molecular flexibility index (Phi) is 5.17. The Morgan fingerprint density at radius 3 is 2.79 bits per heavy atom. The van der Waals surface area contributed by atoms with Crippen LogP contribution in [0.4, 0.5) is 5.69 Å². The van der Waals surface area contributed by atoms with Crippen LogP contribution in [0.2, 0.25) is 0 Å². The van der Waals surface area contributed by atoms with Crippen molar-refractivity contribution >= 4 is 56.2 Å². The largest absolute Gasteiger partial charge is 0.395 e. The van der Waals surface area contributed by atoms with E-state index in [2.05, 4.69) is 22.8 Å². The third-order valence-corrected chi connectivity index (χ3v) is 8.07. The number of para-hydroxylation sites is 1. The second-order valence-corrected chi connectivity index (χ2v) is 10.3. The summed E-state index contributed by atoms with van der Waals surface area (Å²) >= 11 is 5.84. The van der Waals surface area contributed by atoms with Gasteiger partial charge in [-0.15, -0.1) is 0 Å². The summed E-state index contributed by atoms with van der Waals surface area (Å²) in [5.41, 5.74) is 2.77. The fraction of sp³-hybridized carbons (Fsp3) is 0.211. The van der Waals surface area contributed by atoms with Crippen LogP contribution in [0, 0.1) is 6.92 Å². The Morgan fingerprint density at radius 1 is 1.29 bits per heavy atom. The number of aliphatic imine (C=N–C) groups is 1. The summed E-state index contributed by atoms with van der Waals surface area (Å²) in [5.74, 6) is 0. The summed E-state index contributed by atoms with van der Waals surface area (Å²) in [5, 5.41) is 11.1. The first-order valence-corrected chi connectivity index (χ1v) is 11.4. The lowest BCUT2D eigenvalue weighted by molar-refractivity contribution is 0.297. The van der Waals surface area contributed by atoms with Crippen molar-refractivity contribution in [3.05, 3.63) is 59.8 Å². The van der Waals surface area contributed by atoms with Crippen molar-refractivity contribution in [2.75, 3.05) is 16.9 Å². The van der Waals surface area contributed by atoms with Crippen molar-refractivity contribution in [2.24, 2.45) is 4.99 Å². The number of aliphatic hydroxyl groups excluding tert-OH is 1. The molecule has 2 aromatic carbocycles. The maximum atomic E-state index is 13.1. The number of nitrogens with zero attached hydrogens (tertiary/aromatic N) is 2. The number of thiol groups is 1. The average Bonchev–Trinajstić information content (AvgIpc) is 3.33. The number of aryl methyl sites for hydroxylation is 1. The molecule has 0 saturated carbocycles. The van der Waals surface area contributed by atoms with E-state index in [4.69, 9.17) is 0 Å². The van der Waals surface area contributed by atoms with Gasteiger partial charge in [-0.2, -0.15) is 0 Å². The summed E-state index contributed by atoms with van der Waals surface area (Å²) in [6, 6.07) is 14.1. The summed E-state index contributed by atoms with van der Waals surface area (Å²) in [4.78, 5) is 7.94. The number of aliphatic hydroxyl groups is 1. The SMILES string of the molecule is Cc1cccc(S(=O)(=O)N(S)c2cccc3cc(C4=NCC(CO)S4)[nH]c23)c1. The number of thioether (sulfide) groups is 1. The van der Waals surface area contributed by atoms with Crippen LogP contribution >= 0.6 is 24.6 Å². The molecule has 2 heterocycles. The standard InChI is InChI=1S/C19H19N3O3S3/c1-12-4-2-6-15(8-12)28(24,25)22(26)17-7-3-5-13-9-16(21-18(13)17)19-20-10-14(11-23)27-19/h2-9,14,21,23,26H,10-11H2,1H3. The molecule has 0 aliphatic carbocycles. The summed E-state index contributed by atoms with van der Waals surface area (Å²) < 4.78 is 27.1. The molecular formula is C19H19N3O3S3. The molecule has 0 spiro atoms. The number of rotatable bonds is 5. The van der Waals surface area contributed by atoms with Gasteiger partial charge in [0.05, 0.1) is 40.2 Å². The van der Waals surface area contributed by atoms with Crippen LogP contribution in [-0.4, -0.2) is 42.0 Å². The minimum Gasteiger partial charge on any atom is -0.395 e. The van der Waals surface area contributed by atoms with E-state index in [0.717, 1.165) is 25.4 Å². The molecule has 4 rings (SSSR count). The van der Waals surface area contributed by atoms with Gasteiger partial charge in [0, 0.05) is 5.39 Å². The van der Waals surface area contributed by atoms with Crippen molar-refractivity contribution in [1.29, 1.82) is 0 Å². The van der Waals surface area contributed by atoms with Gasteiger partial charge in [0.25, 0.3) is 10.0 Å². The van der Waals surface area contributed by atoms with Crippen LogP contribution < -0.4 is 3.71 Å². The summed E-state index contributed by atoms with van der Waals surface area (Å²) in [7, 11) is -3.82. The molecule has 0 radical (unpaired) electrons. The van der Waals surface area contributed by atoms with E-state index in [1.54, 1.807) is 30.3 Å². The summed E-state index contributed by atoms with van der Waals surface area (Å²) in [6.07, 6.45) is 0. The first-order valence-electron chi connectivity index (χ1n) is 8.65. The molecule has 2 N–H and O–H groups in total. The van der Waals surface area contributed by atoms with Gasteiger partial charge in [0.1, 0.15) is 5.04 Å². The molecule has 0 amide bonds. The van der Waals surface area contributed by atoms with Gasteiger partial charge in [-0.25, -0.2) is 12.1 Å². The minimum absolute atomic E-state index is 0.0592. The molecule has 1 aliphatic heterocycles. The van der Waals surface area contributed by atoms with E-state index in [1.807, 2.05) is 25.1 Å². The number of sulfonamides is 1. The van der Waals surface area contributed by atoms with Crippen molar-refractivity contribution in [1.82, 2.24) is 4.98 Å². The second kappa shape index (κ2) is 7.47. The molecule has 1 atom stereocenters. The lowest BCUT2D eigenvalue weighted by atomic mass is 10.2. The monoisotopic (exact) mass is 433 g/mol. The molecule has 3 aromatic rings. The van der Waals surface area contributed by atoms with Crippen molar-refractivity contribution in [3.8, 4) is 0 Å². The van der Waals surface area contributed by atoms with E-state index in [1.165, 1.54) is 11.8 Å².